The number of pyridine rings is 1. The SMILES string of the molecule is O=C1c2c3c(nn2CCN1CCCc1ccccc1)-c1ccncc1CC3. The molecule has 0 atom stereocenters. The molecule has 27 heavy (non-hydrogen) atoms. The van der Waals surface area contributed by atoms with Crippen LogP contribution in [0.1, 0.15) is 33.6 Å². The highest BCUT2D eigenvalue weighted by molar-refractivity contribution is 5.97. The van der Waals surface area contributed by atoms with Crippen LogP contribution in [0.2, 0.25) is 0 Å². The average molecular weight is 358 g/mol. The number of hydrogen-bond donors (Lipinski definition) is 0. The summed E-state index contributed by atoms with van der Waals surface area (Å²) in [6, 6.07) is 12.5. The highest BCUT2D eigenvalue weighted by Crippen LogP contribution is 2.35. The maximum atomic E-state index is 13.2. The van der Waals surface area contributed by atoms with Crippen LogP contribution in [0, 0.1) is 0 Å². The fraction of sp³-hybridized carbons (Fsp3) is 0.318. The van der Waals surface area contributed by atoms with Crippen LogP contribution in [0.25, 0.3) is 11.3 Å². The first-order chi connectivity index (χ1) is 13.3. The third-order valence-electron chi connectivity index (χ3n) is 5.66. The maximum Gasteiger partial charge on any atom is 0.272 e. The topological polar surface area (TPSA) is 51.0 Å². The number of fused-ring (bicyclic) bond motifs is 5. The van der Waals surface area contributed by atoms with Crippen molar-refractivity contribution in [1.29, 1.82) is 0 Å². The molecule has 0 radical (unpaired) electrons. The lowest BCUT2D eigenvalue weighted by atomic mass is 9.90. The van der Waals surface area contributed by atoms with Gasteiger partial charge in [0.1, 0.15) is 5.69 Å². The highest BCUT2D eigenvalue weighted by atomic mass is 16.2. The van der Waals surface area contributed by atoms with Crippen LogP contribution in [0.4, 0.5) is 0 Å². The first-order valence-corrected chi connectivity index (χ1v) is 9.67. The summed E-state index contributed by atoms with van der Waals surface area (Å²) >= 11 is 0. The van der Waals surface area contributed by atoms with Gasteiger partial charge in [0.15, 0.2) is 0 Å². The number of amides is 1. The van der Waals surface area contributed by atoms with E-state index in [2.05, 4.69) is 29.2 Å². The molecule has 1 amide bonds. The normalized spacial score (nSPS) is 15.3. The molecule has 1 aliphatic carbocycles. The first kappa shape index (κ1) is 16.2. The van der Waals surface area contributed by atoms with Crippen LogP contribution >= 0.6 is 0 Å². The zero-order valence-corrected chi connectivity index (χ0v) is 15.3. The van der Waals surface area contributed by atoms with Gasteiger partial charge in [-0.05, 0) is 42.9 Å². The molecule has 2 aromatic heterocycles. The Balaban J connectivity index is 1.36. The molecule has 2 aliphatic rings. The van der Waals surface area contributed by atoms with Crippen LogP contribution in [-0.2, 0) is 25.8 Å². The fourth-order valence-electron chi connectivity index (χ4n) is 4.27. The lowest BCUT2D eigenvalue weighted by molar-refractivity contribution is 0.0694. The molecule has 1 aromatic carbocycles. The van der Waals surface area contributed by atoms with Gasteiger partial charge in [-0.3, -0.25) is 14.5 Å². The number of benzene rings is 1. The van der Waals surface area contributed by atoms with E-state index >= 15 is 0 Å². The van der Waals surface area contributed by atoms with Crippen LogP contribution in [-0.4, -0.2) is 38.7 Å². The van der Waals surface area contributed by atoms with Crippen LogP contribution < -0.4 is 0 Å². The molecule has 5 heteroatoms. The Labute approximate surface area is 158 Å². The molecule has 0 saturated heterocycles. The lowest BCUT2D eigenvalue weighted by Crippen LogP contribution is -2.41. The molecule has 3 aromatic rings. The number of rotatable bonds is 4. The predicted molar refractivity (Wildman–Crippen MR) is 104 cm³/mol. The van der Waals surface area contributed by atoms with Gasteiger partial charge in [0.25, 0.3) is 5.91 Å². The molecule has 0 unspecified atom stereocenters. The molecule has 0 bridgehead atoms. The van der Waals surface area contributed by atoms with Gasteiger partial charge in [0, 0.05) is 36.6 Å². The minimum Gasteiger partial charge on any atom is -0.335 e. The molecular weight excluding hydrogens is 336 g/mol. The highest BCUT2D eigenvalue weighted by Gasteiger charge is 2.33. The van der Waals surface area contributed by atoms with E-state index in [-0.39, 0.29) is 5.91 Å². The summed E-state index contributed by atoms with van der Waals surface area (Å²) in [6.45, 7) is 2.32. The fourth-order valence-corrected chi connectivity index (χ4v) is 4.27. The van der Waals surface area contributed by atoms with Gasteiger partial charge in [0.2, 0.25) is 0 Å². The van der Waals surface area contributed by atoms with E-state index in [0.717, 1.165) is 67.8 Å². The molecule has 3 heterocycles. The molecule has 5 rings (SSSR count). The van der Waals surface area contributed by atoms with Crippen LogP contribution in [0.15, 0.2) is 48.8 Å². The van der Waals surface area contributed by atoms with E-state index in [1.807, 2.05) is 34.1 Å². The zero-order chi connectivity index (χ0) is 18.2. The Hall–Kier alpha value is -2.95. The molecule has 5 nitrogen and oxygen atoms in total. The molecule has 1 aliphatic heterocycles. The maximum absolute atomic E-state index is 13.2. The van der Waals surface area contributed by atoms with Crippen molar-refractivity contribution in [2.45, 2.75) is 32.2 Å². The van der Waals surface area contributed by atoms with Crippen molar-refractivity contribution in [2.75, 3.05) is 13.1 Å². The number of carbonyl (C=O) groups excluding carboxylic acids is 1. The van der Waals surface area contributed by atoms with Crippen molar-refractivity contribution >= 4 is 5.91 Å². The van der Waals surface area contributed by atoms with Gasteiger partial charge in [-0.15, -0.1) is 0 Å². The first-order valence-electron chi connectivity index (χ1n) is 9.67. The summed E-state index contributed by atoms with van der Waals surface area (Å²) in [6.07, 6.45) is 7.52. The van der Waals surface area contributed by atoms with Crippen molar-refractivity contribution in [1.82, 2.24) is 19.7 Å². The van der Waals surface area contributed by atoms with Crippen molar-refractivity contribution in [3.63, 3.8) is 0 Å². The molecular formula is C22H22N4O. The van der Waals surface area contributed by atoms with E-state index in [9.17, 15) is 4.79 Å². The zero-order valence-electron chi connectivity index (χ0n) is 15.3. The second-order valence-electron chi connectivity index (χ2n) is 7.31. The lowest BCUT2D eigenvalue weighted by Gasteiger charge is -2.28. The standard InChI is InChI=1S/C22H22N4O/c27-22-21-19-9-8-17-15-23-11-10-18(17)20(19)24-26(21)14-13-25(22)12-4-7-16-5-2-1-3-6-16/h1-3,5-6,10-11,15H,4,7-9,12-14H2. The van der Waals surface area contributed by atoms with Gasteiger partial charge < -0.3 is 4.90 Å². The van der Waals surface area contributed by atoms with E-state index in [4.69, 9.17) is 5.10 Å². The second kappa shape index (κ2) is 6.65. The number of nitrogens with zero attached hydrogens (tertiary/aromatic N) is 4. The number of aromatic nitrogens is 3. The Morgan fingerprint density at radius 2 is 1.93 bits per heavy atom. The summed E-state index contributed by atoms with van der Waals surface area (Å²) in [5.41, 5.74) is 6.59. The number of hydrogen-bond acceptors (Lipinski definition) is 3. The third-order valence-corrected chi connectivity index (χ3v) is 5.66. The monoisotopic (exact) mass is 358 g/mol. The van der Waals surface area contributed by atoms with E-state index in [0.29, 0.717) is 0 Å². The molecule has 0 fully saturated rings. The molecule has 136 valence electrons. The average Bonchev–Trinajstić information content (AvgIpc) is 3.10. The van der Waals surface area contributed by atoms with Crippen LogP contribution in [0.3, 0.4) is 0 Å². The number of aryl methyl sites for hydroxylation is 2. The van der Waals surface area contributed by atoms with Crippen molar-refractivity contribution in [2.24, 2.45) is 0 Å². The second-order valence-corrected chi connectivity index (χ2v) is 7.31. The smallest absolute Gasteiger partial charge is 0.272 e. The van der Waals surface area contributed by atoms with E-state index in [1.165, 1.54) is 11.1 Å². The van der Waals surface area contributed by atoms with E-state index in [1.54, 1.807) is 0 Å². The summed E-state index contributed by atoms with van der Waals surface area (Å²) in [4.78, 5) is 19.4. The van der Waals surface area contributed by atoms with Crippen molar-refractivity contribution in [3.05, 3.63) is 71.2 Å². The summed E-state index contributed by atoms with van der Waals surface area (Å²) in [7, 11) is 0. The summed E-state index contributed by atoms with van der Waals surface area (Å²) in [5, 5.41) is 4.79. The van der Waals surface area contributed by atoms with Gasteiger partial charge in [-0.2, -0.15) is 5.10 Å². The Morgan fingerprint density at radius 3 is 2.81 bits per heavy atom. The van der Waals surface area contributed by atoms with Gasteiger partial charge in [0.05, 0.1) is 12.2 Å². The minimum atomic E-state index is 0.139. The molecule has 0 N–H and O–H groups in total. The Morgan fingerprint density at radius 1 is 1.04 bits per heavy atom. The Kier molecular flexibility index (Phi) is 4.00. The van der Waals surface area contributed by atoms with Crippen LogP contribution in [0.5, 0.6) is 0 Å². The molecule has 0 spiro atoms. The van der Waals surface area contributed by atoms with E-state index < -0.39 is 0 Å². The van der Waals surface area contributed by atoms with Crippen molar-refractivity contribution in [3.8, 4) is 11.3 Å². The largest absolute Gasteiger partial charge is 0.335 e. The van der Waals surface area contributed by atoms with Crippen molar-refractivity contribution < 1.29 is 4.79 Å². The van der Waals surface area contributed by atoms with Gasteiger partial charge in [-0.25, -0.2) is 0 Å². The summed E-state index contributed by atoms with van der Waals surface area (Å²) in [5.74, 6) is 0.139. The summed E-state index contributed by atoms with van der Waals surface area (Å²) < 4.78 is 1.93. The van der Waals surface area contributed by atoms with Gasteiger partial charge >= 0.3 is 0 Å². The molecule has 0 saturated carbocycles. The van der Waals surface area contributed by atoms with Gasteiger partial charge in [-0.1, -0.05) is 30.3 Å². The predicted octanol–water partition coefficient (Wildman–Crippen LogP) is 3.13. The Bertz CT molecular complexity index is 993. The number of carbonyl (C=O) groups is 1. The minimum absolute atomic E-state index is 0.139. The third kappa shape index (κ3) is 2.83. The quantitative estimate of drug-likeness (QED) is 0.720.